The van der Waals surface area contributed by atoms with Crippen molar-refractivity contribution in [3.63, 3.8) is 0 Å². The number of halogens is 1. The van der Waals surface area contributed by atoms with Crippen molar-refractivity contribution in [1.82, 2.24) is 0 Å². The van der Waals surface area contributed by atoms with Gasteiger partial charge in [-0.3, -0.25) is 0 Å². The van der Waals surface area contributed by atoms with Crippen LogP contribution in [0.5, 0.6) is 5.06 Å². The van der Waals surface area contributed by atoms with E-state index in [2.05, 4.69) is 28.9 Å². The third-order valence-corrected chi connectivity index (χ3v) is 3.23. The molecule has 0 fully saturated rings. The van der Waals surface area contributed by atoms with Gasteiger partial charge in [-0.25, -0.2) is 0 Å². The number of ether oxygens (including phenoxy) is 2. The van der Waals surface area contributed by atoms with E-state index in [0.29, 0.717) is 13.2 Å². The largest absolute Gasteiger partial charge is 0.481 e. The standard InChI is InChI=1S/C9H13BrO2S/c1-3-7-6-8(10)13-9(7)12-5-4-11-2/h6H,3-5H2,1-2H3. The summed E-state index contributed by atoms with van der Waals surface area (Å²) in [5.41, 5.74) is 1.26. The summed E-state index contributed by atoms with van der Waals surface area (Å²) in [5.74, 6) is 0. The van der Waals surface area contributed by atoms with Gasteiger partial charge in [-0.1, -0.05) is 18.3 Å². The Hall–Kier alpha value is -0.0600. The van der Waals surface area contributed by atoms with E-state index < -0.39 is 0 Å². The van der Waals surface area contributed by atoms with Gasteiger partial charge in [-0.05, 0) is 28.4 Å². The number of thiophene rings is 1. The summed E-state index contributed by atoms with van der Waals surface area (Å²) in [5, 5.41) is 1.01. The van der Waals surface area contributed by atoms with Crippen molar-refractivity contribution < 1.29 is 9.47 Å². The van der Waals surface area contributed by atoms with E-state index in [1.165, 1.54) is 5.56 Å². The molecule has 0 atom stereocenters. The van der Waals surface area contributed by atoms with Crippen LogP contribution in [0.2, 0.25) is 0 Å². The van der Waals surface area contributed by atoms with Crippen molar-refractivity contribution in [2.24, 2.45) is 0 Å². The molecule has 13 heavy (non-hydrogen) atoms. The molecule has 0 radical (unpaired) electrons. The number of aryl methyl sites for hydroxylation is 1. The molecule has 0 saturated carbocycles. The van der Waals surface area contributed by atoms with E-state index in [4.69, 9.17) is 9.47 Å². The van der Waals surface area contributed by atoms with Gasteiger partial charge in [-0.15, -0.1) is 0 Å². The Kier molecular flexibility index (Phi) is 4.77. The highest BCUT2D eigenvalue weighted by molar-refractivity contribution is 9.11. The summed E-state index contributed by atoms with van der Waals surface area (Å²) in [6.07, 6.45) is 1.00. The van der Waals surface area contributed by atoms with Gasteiger partial charge in [0.2, 0.25) is 0 Å². The molecule has 74 valence electrons. The summed E-state index contributed by atoms with van der Waals surface area (Å²) in [4.78, 5) is 0. The normalized spacial score (nSPS) is 10.4. The molecule has 0 unspecified atom stereocenters. The lowest BCUT2D eigenvalue weighted by atomic mass is 10.3. The Balaban J connectivity index is 2.53. The maximum atomic E-state index is 5.55. The van der Waals surface area contributed by atoms with Crippen molar-refractivity contribution in [1.29, 1.82) is 0 Å². The second kappa shape index (κ2) is 5.62. The van der Waals surface area contributed by atoms with Crippen LogP contribution in [0.15, 0.2) is 9.85 Å². The minimum atomic E-state index is 0.621. The van der Waals surface area contributed by atoms with Gasteiger partial charge in [0.25, 0.3) is 0 Å². The van der Waals surface area contributed by atoms with Gasteiger partial charge in [0.05, 0.1) is 10.4 Å². The third kappa shape index (κ3) is 3.29. The van der Waals surface area contributed by atoms with Crippen molar-refractivity contribution in [3.8, 4) is 5.06 Å². The predicted octanol–water partition coefficient (Wildman–Crippen LogP) is 3.10. The van der Waals surface area contributed by atoms with Crippen LogP contribution < -0.4 is 4.74 Å². The molecule has 0 aliphatic heterocycles. The summed E-state index contributed by atoms with van der Waals surface area (Å²) in [6.45, 7) is 3.38. The number of rotatable bonds is 5. The summed E-state index contributed by atoms with van der Waals surface area (Å²) in [6, 6.07) is 2.10. The van der Waals surface area contributed by atoms with Crippen LogP contribution in [0.1, 0.15) is 12.5 Å². The Bertz CT molecular complexity index is 260. The molecule has 0 aromatic carbocycles. The molecular formula is C9H13BrO2S. The van der Waals surface area contributed by atoms with Gasteiger partial charge >= 0.3 is 0 Å². The molecule has 1 rings (SSSR count). The molecule has 0 saturated heterocycles. The minimum Gasteiger partial charge on any atom is -0.481 e. The molecule has 2 nitrogen and oxygen atoms in total. The van der Waals surface area contributed by atoms with E-state index >= 15 is 0 Å². The van der Waals surface area contributed by atoms with Crippen LogP contribution in [0, 0.1) is 0 Å². The van der Waals surface area contributed by atoms with E-state index in [1.54, 1.807) is 18.4 Å². The van der Waals surface area contributed by atoms with Crippen LogP contribution in [0.25, 0.3) is 0 Å². The molecule has 0 N–H and O–H groups in total. The highest BCUT2D eigenvalue weighted by Gasteiger charge is 2.06. The monoisotopic (exact) mass is 264 g/mol. The molecule has 4 heteroatoms. The SMILES string of the molecule is CCc1cc(Br)sc1OCCOC. The average Bonchev–Trinajstić information content (AvgIpc) is 2.47. The first kappa shape index (κ1) is 11.0. The van der Waals surface area contributed by atoms with Crippen molar-refractivity contribution >= 4 is 27.3 Å². The maximum absolute atomic E-state index is 5.55. The van der Waals surface area contributed by atoms with Gasteiger partial charge in [-0.2, -0.15) is 0 Å². The van der Waals surface area contributed by atoms with E-state index in [-0.39, 0.29) is 0 Å². The first-order chi connectivity index (χ1) is 6.27. The lowest BCUT2D eigenvalue weighted by Crippen LogP contribution is -2.04. The second-order valence-electron chi connectivity index (χ2n) is 2.56. The van der Waals surface area contributed by atoms with Crippen LogP contribution in [-0.4, -0.2) is 20.3 Å². The molecule has 0 spiro atoms. The second-order valence-corrected chi connectivity index (χ2v) is 4.95. The fraction of sp³-hybridized carbons (Fsp3) is 0.556. The number of hydrogen-bond acceptors (Lipinski definition) is 3. The Morgan fingerprint density at radius 1 is 1.46 bits per heavy atom. The van der Waals surface area contributed by atoms with E-state index in [0.717, 1.165) is 15.3 Å². The highest BCUT2D eigenvalue weighted by atomic mass is 79.9. The van der Waals surface area contributed by atoms with Crippen molar-refractivity contribution in [2.75, 3.05) is 20.3 Å². The molecule has 1 aromatic heterocycles. The summed E-state index contributed by atoms with van der Waals surface area (Å²) >= 11 is 5.07. The molecule has 0 amide bonds. The van der Waals surface area contributed by atoms with E-state index in [9.17, 15) is 0 Å². The number of hydrogen-bond donors (Lipinski definition) is 0. The van der Waals surface area contributed by atoms with Crippen LogP contribution in [0.4, 0.5) is 0 Å². The van der Waals surface area contributed by atoms with Gasteiger partial charge in [0.1, 0.15) is 6.61 Å². The van der Waals surface area contributed by atoms with E-state index in [1.807, 2.05) is 0 Å². The van der Waals surface area contributed by atoms with Crippen molar-refractivity contribution in [2.45, 2.75) is 13.3 Å². The van der Waals surface area contributed by atoms with Crippen LogP contribution in [0.3, 0.4) is 0 Å². The zero-order valence-electron chi connectivity index (χ0n) is 7.80. The zero-order valence-corrected chi connectivity index (χ0v) is 10.2. The molecule has 0 aliphatic carbocycles. The summed E-state index contributed by atoms with van der Waals surface area (Å²) < 4.78 is 11.6. The topological polar surface area (TPSA) is 18.5 Å². The quantitative estimate of drug-likeness (QED) is 0.762. The van der Waals surface area contributed by atoms with Crippen LogP contribution in [-0.2, 0) is 11.2 Å². The first-order valence-electron chi connectivity index (χ1n) is 4.17. The smallest absolute Gasteiger partial charge is 0.178 e. The average molecular weight is 265 g/mol. The van der Waals surface area contributed by atoms with Gasteiger partial charge < -0.3 is 9.47 Å². The lowest BCUT2D eigenvalue weighted by Gasteiger charge is -2.03. The Labute approximate surface area is 91.0 Å². The fourth-order valence-electron chi connectivity index (χ4n) is 0.966. The predicted molar refractivity (Wildman–Crippen MR) is 58.8 cm³/mol. The van der Waals surface area contributed by atoms with Crippen molar-refractivity contribution in [3.05, 3.63) is 15.4 Å². The zero-order chi connectivity index (χ0) is 9.68. The first-order valence-corrected chi connectivity index (χ1v) is 5.78. The maximum Gasteiger partial charge on any atom is 0.178 e. The molecule has 0 aliphatic rings. The van der Waals surface area contributed by atoms with Gasteiger partial charge in [0.15, 0.2) is 5.06 Å². The molecule has 1 aromatic rings. The Morgan fingerprint density at radius 2 is 2.23 bits per heavy atom. The summed E-state index contributed by atoms with van der Waals surface area (Å²) in [7, 11) is 1.68. The van der Waals surface area contributed by atoms with Crippen LogP contribution >= 0.6 is 27.3 Å². The molecule has 1 heterocycles. The van der Waals surface area contributed by atoms with Gasteiger partial charge in [0, 0.05) is 12.7 Å². The Morgan fingerprint density at radius 3 is 2.85 bits per heavy atom. The minimum absolute atomic E-state index is 0.621. The highest BCUT2D eigenvalue weighted by Crippen LogP contribution is 2.34. The fourth-order valence-corrected chi connectivity index (χ4v) is 2.54. The lowest BCUT2D eigenvalue weighted by molar-refractivity contribution is 0.148. The molecule has 0 bridgehead atoms. The number of methoxy groups -OCH3 is 1. The molecular weight excluding hydrogens is 252 g/mol. The third-order valence-electron chi connectivity index (χ3n) is 1.64.